The number of benzene rings is 4. The summed E-state index contributed by atoms with van der Waals surface area (Å²) in [7, 11) is 0. The summed E-state index contributed by atoms with van der Waals surface area (Å²) in [5.41, 5.74) is 16.4. The molecule has 0 saturated heterocycles. The Morgan fingerprint density at radius 3 is 1.43 bits per heavy atom. The molecule has 2 heterocycles. The maximum atomic E-state index is 6.54. The van der Waals surface area contributed by atoms with E-state index in [1.807, 2.05) is 72.8 Å². The van der Waals surface area contributed by atoms with Gasteiger partial charge in [0.1, 0.15) is 10.3 Å². The number of anilines is 2. The standard InChI is InChI=1S/C28H18Cl2N6O/c29-25-19(23-17-7-3-1-5-15(17)9-11-21(23)31)13-33-27(35-25)37-28-34-14-20(26(30)36-28)24-18-8-4-2-6-16(18)10-12-22(24)32/h1-14H,31-32H2. The van der Waals surface area contributed by atoms with Crippen LogP contribution in [0.5, 0.6) is 12.0 Å². The lowest BCUT2D eigenvalue weighted by Gasteiger charge is -2.13. The second kappa shape index (κ2) is 9.20. The van der Waals surface area contributed by atoms with Gasteiger partial charge in [-0.05, 0) is 33.7 Å². The third-order valence-corrected chi connectivity index (χ3v) is 6.66. The molecule has 0 aliphatic carbocycles. The summed E-state index contributed by atoms with van der Waals surface area (Å²) in [4.78, 5) is 17.2. The van der Waals surface area contributed by atoms with Crippen molar-refractivity contribution >= 4 is 56.1 Å². The number of rotatable bonds is 4. The average molecular weight is 525 g/mol. The summed E-state index contributed by atoms with van der Waals surface area (Å²) in [5, 5.41) is 4.30. The van der Waals surface area contributed by atoms with Gasteiger partial charge in [-0.15, -0.1) is 0 Å². The highest BCUT2D eigenvalue weighted by Crippen LogP contribution is 2.39. The predicted molar refractivity (Wildman–Crippen MR) is 149 cm³/mol. The molecule has 180 valence electrons. The second-order valence-corrected chi connectivity index (χ2v) is 9.03. The molecule has 0 unspecified atom stereocenters. The molecule has 37 heavy (non-hydrogen) atoms. The van der Waals surface area contributed by atoms with Crippen LogP contribution < -0.4 is 16.2 Å². The van der Waals surface area contributed by atoms with Gasteiger partial charge >= 0.3 is 12.0 Å². The molecule has 0 spiro atoms. The van der Waals surface area contributed by atoms with Crippen molar-refractivity contribution in [3.05, 3.63) is 95.5 Å². The predicted octanol–water partition coefficient (Wildman–Crippen LogP) is 7.17. The minimum Gasteiger partial charge on any atom is -0.398 e. The Kier molecular flexibility index (Phi) is 5.71. The highest BCUT2D eigenvalue weighted by Gasteiger charge is 2.17. The van der Waals surface area contributed by atoms with Crippen LogP contribution in [0, 0.1) is 0 Å². The quantitative estimate of drug-likeness (QED) is 0.185. The topological polar surface area (TPSA) is 113 Å². The Morgan fingerprint density at radius 2 is 1.00 bits per heavy atom. The molecule has 0 amide bonds. The lowest BCUT2D eigenvalue weighted by Crippen LogP contribution is -2.00. The Bertz CT molecular complexity index is 1690. The molecule has 7 nitrogen and oxygen atoms in total. The molecule has 0 atom stereocenters. The van der Waals surface area contributed by atoms with Crippen LogP contribution in [-0.2, 0) is 0 Å². The molecule has 0 fully saturated rings. The van der Waals surface area contributed by atoms with E-state index in [1.165, 1.54) is 0 Å². The van der Waals surface area contributed by atoms with Gasteiger partial charge in [-0.3, -0.25) is 0 Å². The largest absolute Gasteiger partial charge is 0.398 e. The number of nitrogens with zero attached hydrogens (tertiary/aromatic N) is 4. The van der Waals surface area contributed by atoms with Crippen molar-refractivity contribution in [1.82, 2.24) is 19.9 Å². The van der Waals surface area contributed by atoms with Gasteiger partial charge in [0.2, 0.25) is 0 Å². The van der Waals surface area contributed by atoms with E-state index in [-0.39, 0.29) is 22.3 Å². The zero-order chi connectivity index (χ0) is 25.5. The summed E-state index contributed by atoms with van der Waals surface area (Å²) in [6.07, 6.45) is 3.13. The Morgan fingerprint density at radius 1 is 0.568 bits per heavy atom. The Labute approximate surface area is 221 Å². The number of hydrogen-bond acceptors (Lipinski definition) is 7. The monoisotopic (exact) mass is 524 g/mol. The summed E-state index contributed by atoms with van der Waals surface area (Å²) < 4.78 is 5.68. The maximum absolute atomic E-state index is 6.54. The van der Waals surface area contributed by atoms with E-state index in [9.17, 15) is 0 Å². The van der Waals surface area contributed by atoms with Crippen LogP contribution in [0.15, 0.2) is 85.2 Å². The van der Waals surface area contributed by atoms with E-state index in [0.717, 1.165) is 32.7 Å². The Hall–Kier alpha value is -4.46. The molecule has 0 aliphatic heterocycles. The van der Waals surface area contributed by atoms with E-state index in [1.54, 1.807) is 12.4 Å². The average Bonchev–Trinajstić information content (AvgIpc) is 2.90. The third-order valence-electron chi connectivity index (χ3n) is 6.08. The first-order valence-electron chi connectivity index (χ1n) is 11.3. The minimum absolute atomic E-state index is 0.0268. The molecule has 4 N–H and O–H groups in total. The molecule has 2 aromatic heterocycles. The van der Waals surface area contributed by atoms with Gasteiger partial charge in [0.25, 0.3) is 0 Å². The molecule has 0 saturated carbocycles. The molecule has 4 aromatic carbocycles. The first-order valence-corrected chi connectivity index (χ1v) is 12.0. The number of halogens is 2. The van der Waals surface area contributed by atoms with Crippen LogP contribution in [-0.4, -0.2) is 19.9 Å². The van der Waals surface area contributed by atoms with Crippen molar-refractivity contribution in [2.24, 2.45) is 0 Å². The van der Waals surface area contributed by atoms with E-state index >= 15 is 0 Å². The van der Waals surface area contributed by atoms with E-state index in [0.29, 0.717) is 22.5 Å². The fourth-order valence-corrected chi connectivity index (χ4v) is 4.82. The van der Waals surface area contributed by atoms with Gasteiger partial charge in [-0.2, -0.15) is 9.97 Å². The van der Waals surface area contributed by atoms with E-state index < -0.39 is 0 Å². The molecule has 0 bridgehead atoms. The third kappa shape index (κ3) is 4.14. The SMILES string of the molecule is Nc1ccc2ccccc2c1-c1cnc(Oc2ncc(-c3c(N)ccc4ccccc34)c(Cl)n2)nc1Cl. The van der Waals surface area contributed by atoms with Crippen molar-refractivity contribution in [3.8, 4) is 34.3 Å². The van der Waals surface area contributed by atoms with Crippen LogP contribution in [0.2, 0.25) is 10.3 Å². The first kappa shape index (κ1) is 23.0. The van der Waals surface area contributed by atoms with E-state index in [2.05, 4.69) is 19.9 Å². The van der Waals surface area contributed by atoms with Crippen molar-refractivity contribution in [2.75, 3.05) is 11.5 Å². The normalized spacial score (nSPS) is 11.2. The highest BCUT2D eigenvalue weighted by molar-refractivity contribution is 6.33. The smallest absolute Gasteiger partial charge is 0.325 e. The molecule has 6 rings (SSSR count). The van der Waals surface area contributed by atoms with E-state index in [4.69, 9.17) is 39.4 Å². The fourth-order valence-electron chi connectivity index (χ4n) is 4.39. The van der Waals surface area contributed by atoms with Crippen LogP contribution in [0.4, 0.5) is 11.4 Å². The summed E-state index contributed by atoms with van der Waals surface area (Å²) in [6.45, 7) is 0. The van der Waals surface area contributed by atoms with Crippen LogP contribution >= 0.6 is 23.2 Å². The van der Waals surface area contributed by atoms with Crippen LogP contribution in [0.3, 0.4) is 0 Å². The molecular formula is C28H18Cl2N6O. The molecular weight excluding hydrogens is 507 g/mol. The summed E-state index contributed by atoms with van der Waals surface area (Å²) in [6, 6.07) is 23.3. The number of aromatic nitrogens is 4. The molecule has 0 aliphatic rings. The minimum atomic E-state index is -0.0268. The van der Waals surface area contributed by atoms with Gasteiger partial charge in [0.05, 0.1) is 0 Å². The zero-order valence-electron chi connectivity index (χ0n) is 19.2. The lowest BCUT2D eigenvalue weighted by molar-refractivity contribution is 0.407. The van der Waals surface area contributed by atoms with Crippen molar-refractivity contribution in [1.29, 1.82) is 0 Å². The highest BCUT2D eigenvalue weighted by atomic mass is 35.5. The Balaban J connectivity index is 1.34. The fraction of sp³-hybridized carbons (Fsp3) is 0. The number of hydrogen-bond donors (Lipinski definition) is 2. The molecule has 0 radical (unpaired) electrons. The molecule has 6 aromatic rings. The van der Waals surface area contributed by atoms with Gasteiger partial charge in [-0.25, -0.2) is 9.97 Å². The van der Waals surface area contributed by atoms with Crippen molar-refractivity contribution < 1.29 is 4.74 Å². The second-order valence-electron chi connectivity index (χ2n) is 8.32. The summed E-state index contributed by atoms with van der Waals surface area (Å²) in [5.74, 6) is 0. The van der Waals surface area contributed by atoms with Crippen LogP contribution in [0.1, 0.15) is 0 Å². The van der Waals surface area contributed by atoms with Gasteiger partial charge in [0.15, 0.2) is 0 Å². The van der Waals surface area contributed by atoms with Gasteiger partial charge in [0, 0.05) is 46.0 Å². The maximum Gasteiger partial charge on any atom is 0.325 e. The lowest BCUT2D eigenvalue weighted by atomic mass is 9.98. The van der Waals surface area contributed by atoms with Gasteiger partial charge < -0.3 is 16.2 Å². The van der Waals surface area contributed by atoms with Crippen molar-refractivity contribution in [3.63, 3.8) is 0 Å². The number of fused-ring (bicyclic) bond motifs is 2. The van der Waals surface area contributed by atoms with Crippen LogP contribution in [0.25, 0.3) is 43.8 Å². The summed E-state index contributed by atoms with van der Waals surface area (Å²) >= 11 is 13.1. The number of nitrogens with two attached hydrogens (primary N) is 2. The zero-order valence-corrected chi connectivity index (χ0v) is 20.7. The molecule has 9 heteroatoms. The first-order chi connectivity index (χ1) is 18.0. The number of ether oxygens (including phenoxy) is 1. The van der Waals surface area contributed by atoms with Crippen molar-refractivity contribution in [2.45, 2.75) is 0 Å². The number of nitrogen functional groups attached to an aromatic ring is 2. The van der Waals surface area contributed by atoms with Gasteiger partial charge in [-0.1, -0.05) is 83.9 Å².